The number of aliphatic hydroxyl groups excluding tert-OH is 1. The Kier molecular flexibility index (Phi) is 9.58. The lowest BCUT2D eigenvalue weighted by molar-refractivity contribution is 0.0371. The third kappa shape index (κ3) is 7.52. The highest BCUT2D eigenvalue weighted by Gasteiger charge is 2.34. The number of nitrogens with one attached hydrogen (secondary N) is 3. The van der Waals surface area contributed by atoms with Crippen LogP contribution in [0.2, 0.25) is 0 Å². The first-order valence-electron chi connectivity index (χ1n) is 13.4. The molecule has 1 heterocycles. The summed E-state index contributed by atoms with van der Waals surface area (Å²) in [6, 6.07) is 13.8. The maximum absolute atomic E-state index is 13.6. The van der Waals surface area contributed by atoms with Crippen LogP contribution in [0.15, 0.2) is 66.7 Å². The molecule has 4 N–H and O–H groups in total. The van der Waals surface area contributed by atoms with Gasteiger partial charge in [-0.2, -0.15) is 0 Å². The van der Waals surface area contributed by atoms with Crippen molar-refractivity contribution in [3.8, 4) is 5.75 Å². The number of urea groups is 2. The normalized spacial score (nSPS) is 17.2. The van der Waals surface area contributed by atoms with Crippen LogP contribution in [0.4, 0.5) is 35.4 Å². The molecule has 10 nitrogen and oxygen atoms in total. The van der Waals surface area contributed by atoms with Gasteiger partial charge in [-0.15, -0.1) is 0 Å². The van der Waals surface area contributed by atoms with Crippen molar-refractivity contribution in [1.82, 2.24) is 9.80 Å². The fourth-order valence-corrected chi connectivity index (χ4v) is 4.45. The van der Waals surface area contributed by atoms with Crippen LogP contribution in [0.25, 0.3) is 0 Å². The van der Waals surface area contributed by atoms with E-state index >= 15 is 0 Å². The molecule has 0 bridgehead atoms. The molecular weight excluding hydrogens is 548 g/mol. The average Bonchev–Trinajstić information content (AvgIpc) is 2.97. The largest absolute Gasteiger partial charge is 0.487 e. The Bertz CT molecular complexity index is 1420. The van der Waals surface area contributed by atoms with E-state index in [0.29, 0.717) is 17.1 Å². The van der Waals surface area contributed by atoms with Gasteiger partial charge < -0.3 is 35.6 Å². The van der Waals surface area contributed by atoms with Crippen LogP contribution in [-0.4, -0.2) is 71.8 Å². The Labute approximate surface area is 242 Å². The number of anilines is 3. The summed E-state index contributed by atoms with van der Waals surface area (Å²) >= 11 is 0. The smallest absolute Gasteiger partial charge is 0.323 e. The topological polar surface area (TPSA) is 123 Å². The molecule has 0 unspecified atom stereocenters. The summed E-state index contributed by atoms with van der Waals surface area (Å²) in [5, 5.41) is 17.8. The zero-order valence-electron chi connectivity index (χ0n) is 23.4. The number of hydrogen-bond donors (Lipinski definition) is 4. The van der Waals surface area contributed by atoms with E-state index in [-0.39, 0.29) is 42.8 Å². The number of likely N-dealkylation sites (N-methyl/N-ethyl adjacent to an activating group) is 1. The lowest BCUT2D eigenvalue weighted by Crippen LogP contribution is -2.50. The minimum Gasteiger partial charge on any atom is -0.487 e. The highest BCUT2D eigenvalue weighted by Crippen LogP contribution is 2.31. The molecule has 3 atom stereocenters. The molecule has 222 valence electrons. The van der Waals surface area contributed by atoms with Gasteiger partial charge in [0, 0.05) is 36.6 Å². The summed E-state index contributed by atoms with van der Waals surface area (Å²) in [5.41, 5.74) is 1.29. The van der Waals surface area contributed by atoms with Gasteiger partial charge in [-0.1, -0.05) is 6.92 Å². The number of amides is 5. The molecule has 0 saturated heterocycles. The van der Waals surface area contributed by atoms with Crippen molar-refractivity contribution >= 4 is 35.0 Å². The van der Waals surface area contributed by atoms with E-state index in [2.05, 4.69) is 16.0 Å². The summed E-state index contributed by atoms with van der Waals surface area (Å²) in [6.07, 6.45) is -0.546. The molecule has 42 heavy (non-hydrogen) atoms. The Morgan fingerprint density at radius 1 is 0.976 bits per heavy atom. The van der Waals surface area contributed by atoms with Crippen LogP contribution in [0.3, 0.4) is 0 Å². The molecule has 5 amide bonds. The Morgan fingerprint density at radius 3 is 2.12 bits per heavy atom. The van der Waals surface area contributed by atoms with Crippen molar-refractivity contribution in [2.75, 3.05) is 42.7 Å². The first-order valence-corrected chi connectivity index (χ1v) is 13.4. The van der Waals surface area contributed by atoms with Gasteiger partial charge in [0.2, 0.25) is 0 Å². The first kappa shape index (κ1) is 30.3. The molecule has 0 radical (unpaired) electrons. The Morgan fingerprint density at radius 2 is 1.52 bits per heavy atom. The minimum absolute atomic E-state index is 0.156. The molecule has 3 aromatic carbocycles. The van der Waals surface area contributed by atoms with Crippen molar-refractivity contribution < 1.29 is 33.0 Å². The number of fused-ring (bicyclic) bond motifs is 1. The maximum Gasteiger partial charge on any atom is 0.323 e. The molecule has 0 spiro atoms. The van der Waals surface area contributed by atoms with E-state index in [1.54, 1.807) is 31.0 Å². The predicted octanol–water partition coefficient (Wildman–Crippen LogP) is 4.99. The summed E-state index contributed by atoms with van der Waals surface area (Å²) < 4.78 is 32.7. The van der Waals surface area contributed by atoms with E-state index in [0.717, 1.165) is 0 Å². The van der Waals surface area contributed by atoms with Gasteiger partial charge in [0.1, 0.15) is 23.5 Å². The number of nitrogens with zero attached hydrogens (tertiary/aromatic N) is 2. The Hall–Kier alpha value is -4.71. The number of aliphatic hydroxyl groups is 1. The molecule has 0 aliphatic carbocycles. The molecule has 12 heteroatoms. The number of carbonyl (C=O) groups excluding carboxylic acids is 3. The first-order chi connectivity index (χ1) is 20.0. The summed E-state index contributed by atoms with van der Waals surface area (Å²) in [4.78, 5) is 42.0. The van der Waals surface area contributed by atoms with Crippen molar-refractivity contribution in [2.45, 2.75) is 26.0 Å². The van der Waals surface area contributed by atoms with Crippen LogP contribution in [0, 0.1) is 17.6 Å². The zero-order chi connectivity index (χ0) is 30.4. The third-order valence-corrected chi connectivity index (χ3v) is 6.92. The molecular formula is C30H33F2N5O5. The highest BCUT2D eigenvalue weighted by atomic mass is 19.1. The number of benzene rings is 3. The van der Waals surface area contributed by atoms with E-state index in [1.165, 1.54) is 59.5 Å². The fourth-order valence-electron chi connectivity index (χ4n) is 4.45. The summed E-state index contributed by atoms with van der Waals surface area (Å²) in [7, 11) is 1.60. The second-order valence-electron chi connectivity index (χ2n) is 10.2. The summed E-state index contributed by atoms with van der Waals surface area (Å²) in [5.74, 6) is -1.23. The SMILES string of the molecule is C[C@@H]1CN([C@@H](C)CO)C(=O)c2cc(NC(=O)Nc3ccc(F)cc3)ccc2O[C@@H]1CN(C)C(=O)Nc1ccc(F)cc1. The quantitative estimate of drug-likeness (QED) is 0.313. The van der Waals surface area contributed by atoms with Crippen molar-refractivity contribution in [2.24, 2.45) is 5.92 Å². The number of ether oxygens (including phenoxy) is 1. The standard InChI is InChI=1S/C30H33F2N5O5/c1-18-15-37(19(2)17-38)28(39)25-14-24(34-29(40)33-22-8-4-20(31)5-9-22)12-13-26(25)42-27(18)16-36(3)30(41)35-23-10-6-21(32)7-11-23/h4-14,18-19,27,38H,15-17H2,1-3H3,(H,35,41)(H2,33,34,40)/t18-,19+,27-/m1/s1. The predicted molar refractivity (Wildman–Crippen MR) is 155 cm³/mol. The molecule has 3 aromatic rings. The Balaban J connectivity index is 1.54. The van der Waals surface area contributed by atoms with Crippen LogP contribution in [-0.2, 0) is 0 Å². The zero-order valence-corrected chi connectivity index (χ0v) is 23.4. The van der Waals surface area contributed by atoms with Gasteiger partial charge in [0.05, 0.1) is 24.8 Å². The number of halogens is 2. The van der Waals surface area contributed by atoms with Crippen LogP contribution in [0.1, 0.15) is 24.2 Å². The number of rotatable bonds is 7. The molecule has 0 fully saturated rings. The average molecular weight is 582 g/mol. The van der Waals surface area contributed by atoms with Gasteiger partial charge in [-0.3, -0.25) is 4.79 Å². The second-order valence-corrected chi connectivity index (χ2v) is 10.2. The second kappa shape index (κ2) is 13.3. The monoisotopic (exact) mass is 581 g/mol. The third-order valence-electron chi connectivity index (χ3n) is 6.92. The van der Waals surface area contributed by atoms with Gasteiger partial charge in [0.15, 0.2) is 0 Å². The van der Waals surface area contributed by atoms with Gasteiger partial charge >= 0.3 is 12.1 Å². The molecule has 4 rings (SSSR count). The van der Waals surface area contributed by atoms with Gasteiger partial charge in [-0.05, 0) is 73.7 Å². The van der Waals surface area contributed by atoms with E-state index in [1.807, 2.05) is 6.92 Å². The van der Waals surface area contributed by atoms with E-state index in [9.17, 15) is 28.3 Å². The number of hydrogen-bond acceptors (Lipinski definition) is 5. The maximum atomic E-state index is 13.6. The summed E-state index contributed by atoms with van der Waals surface area (Å²) in [6.45, 7) is 3.74. The van der Waals surface area contributed by atoms with Gasteiger partial charge in [-0.25, -0.2) is 18.4 Å². The minimum atomic E-state index is -0.596. The van der Waals surface area contributed by atoms with Crippen molar-refractivity contribution in [3.63, 3.8) is 0 Å². The lowest BCUT2D eigenvalue weighted by Gasteiger charge is -2.38. The molecule has 0 aromatic heterocycles. The van der Waals surface area contributed by atoms with Crippen LogP contribution >= 0.6 is 0 Å². The lowest BCUT2D eigenvalue weighted by atomic mass is 9.99. The van der Waals surface area contributed by atoms with Crippen LogP contribution < -0.4 is 20.7 Å². The highest BCUT2D eigenvalue weighted by molar-refractivity contribution is 6.02. The molecule has 0 saturated carbocycles. The van der Waals surface area contributed by atoms with E-state index in [4.69, 9.17) is 4.74 Å². The van der Waals surface area contributed by atoms with E-state index < -0.39 is 35.8 Å². The van der Waals surface area contributed by atoms with Gasteiger partial charge in [0.25, 0.3) is 5.91 Å². The van der Waals surface area contributed by atoms with Crippen LogP contribution in [0.5, 0.6) is 5.75 Å². The van der Waals surface area contributed by atoms with Crippen molar-refractivity contribution in [3.05, 3.63) is 83.9 Å². The van der Waals surface area contributed by atoms with Crippen molar-refractivity contribution in [1.29, 1.82) is 0 Å². The fraction of sp³-hybridized carbons (Fsp3) is 0.300. The number of carbonyl (C=O) groups is 3. The molecule has 1 aliphatic rings. The molecule has 1 aliphatic heterocycles.